The fraction of sp³-hybridized carbons (Fsp3) is 0.333. The number of carbonyl (C=O) groups is 1. The molecule has 0 N–H and O–H groups in total. The Morgan fingerprint density at radius 3 is 2.71 bits per heavy atom. The van der Waals surface area contributed by atoms with Gasteiger partial charge in [0.1, 0.15) is 24.4 Å². The zero-order valence-corrected chi connectivity index (χ0v) is 26.0. The Hall–Kier alpha value is -4.04. The van der Waals surface area contributed by atoms with E-state index in [2.05, 4.69) is 12.6 Å². The summed E-state index contributed by atoms with van der Waals surface area (Å²) in [6.45, 7) is 5.25. The molecule has 232 valence electrons. The molecule has 3 aromatic carbocycles. The second kappa shape index (κ2) is 12.8. The van der Waals surface area contributed by atoms with Crippen molar-refractivity contribution in [2.45, 2.75) is 31.1 Å². The average Bonchev–Trinajstić information content (AvgIpc) is 3.36. The van der Waals surface area contributed by atoms with Gasteiger partial charge in [0, 0.05) is 53.6 Å². The van der Waals surface area contributed by atoms with Crippen molar-refractivity contribution < 1.29 is 18.3 Å². The van der Waals surface area contributed by atoms with Crippen molar-refractivity contribution in [3.63, 3.8) is 0 Å². The van der Waals surface area contributed by atoms with Crippen LogP contribution >= 0.6 is 23.2 Å². The molecule has 2 fully saturated rings. The van der Waals surface area contributed by atoms with Gasteiger partial charge in [-0.3, -0.25) is 9.69 Å². The van der Waals surface area contributed by atoms with E-state index in [0.717, 1.165) is 5.39 Å². The van der Waals surface area contributed by atoms with Crippen molar-refractivity contribution in [1.29, 1.82) is 5.26 Å². The molecule has 4 aromatic rings. The molecule has 0 aliphatic carbocycles. The molecule has 8 nitrogen and oxygen atoms in total. The molecule has 0 unspecified atom stereocenters. The number of likely N-dealkylation sites (N-methyl/N-ethyl adjacent to an activating group) is 1. The zero-order chi connectivity index (χ0) is 31.8. The maximum Gasteiger partial charge on any atom is 0.319 e. The summed E-state index contributed by atoms with van der Waals surface area (Å²) in [5.41, 5.74) is 1.75. The highest BCUT2D eigenvalue weighted by Gasteiger charge is 2.33. The molecule has 0 spiro atoms. The molecular weight excluding hydrogens is 621 g/mol. The number of anilines is 1. The number of alkyl halides is 1. The molecule has 3 atom stereocenters. The quantitative estimate of drug-likeness (QED) is 0.213. The van der Waals surface area contributed by atoms with Crippen LogP contribution in [0.5, 0.6) is 6.01 Å². The van der Waals surface area contributed by atoms with Crippen molar-refractivity contribution >= 4 is 56.6 Å². The second-order valence-corrected chi connectivity index (χ2v) is 12.2. The largest absolute Gasteiger partial charge is 0.462 e. The number of nitrogens with zero attached hydrogens (tertiary/aromatic N) is 6. The minimum Gasteiger partial charge on any atom is -0.462 e. The number of ether oxygens (including phenoxy) is 1. The van der Waals surface area contributed by atoms with Crippen molar-refractivity contribution in [3.8, 4) is 23.2 Å². The summed E-state index contributed by atoms with van der Waals surface area (Å²) < 4.78 is 34.7. The zero-order valence-electron chi connectivity index (χ0n) is 24.5. The van der Waals surface area contributed by atoms with Gasteiger partial charge in [0.05, 0.1) is 29.1 Å². The van der Waals surface area contributed by atoms with Gasteiger partial charge in [-0.05, 0) is 48.7 Å². The van der Waals surface area contributed by atoms with Crippen molar-refractivity contribution in [2.75, 3.05) is 44.7 Å². The molecular formula is C33H30Cl2F2N6O2. The first-order chi connectivity index (χ1) is 21.7. The van der Waals surface area contributed by atoms with E-state index in [4.69, 9.17) is 37.9 Å². The van der Waals surface area contributed by atoms with Crippen LogP contribution in [-0.4, -0.2) is 83.8 Å². The van der Waals surface area contributed by atoms with Gasteiger partial charge >= 0.3 is 6.01 Å². The molecule has 0 saturated carbocycles. The lowest BCUT2D eigenvalue weighted by Gasteiger charge is -2.41. The van der Waals surface area contributed by atoms with E-state index in [1.807, 2.05) is 35.0 Å². The average molecular weight is 652 g/mol. The van der Waals surface area contributed by atoms with Gasteiger partial charge in [0.25, 0.3) is 0 Å². The van der Waals surface area contributed by atoms with E-state index in [1.165, 1.54) is 12.1 Å². The monoisotopic (exact) mass is 650 g/mol. The van der Waals surface area contributed by atoms with Crippen LogP contribution in [0.2, 0.25) is 10.0 Å². The fourth-order valence-corrected chi connectivity index (χ4v) is 6.81. The Kier molecular flexibility index (Phi) is 8.78. The summed E-state index contributed by atoms with van der Waals surface area (Å²) in [7, 11) is 1.85. The van der Waals surface area contributed by atoms with E-state index in [0.29, 0.717) is 70.9 Å². The first-order valence-corrected chi connectivity index (χ1v) is 15.3. The van der Waals surface area contributed by atoms with Crippen LogP contribution < -0.4 is 9.64 Å². The number of halogens is 4. The fourth-order valence-electron chi connectivity index (χ4n) is 6.27. The lowest BCUT2D eigenvalue weighted by Crippen LogP contribution is -2.55. The highest BCUT2D eigenvalue weighted by molar-refractivity contribution is 6.38. The second-order valence-electron chi connectivity index (χ2n) is 11.4. The first-order valence-electron chi connectivity index (χ1n) is 14.6. The number of likely N-dealkylation sites (tertiary alicyclic amines) is 1. The molecule has 2 aliphatic heterocycles. The molecule has 2 saturated heterocycles. The van der Waals surface area contributed by atoms with Crippen LogP contribution in [-0.2, 0) is 4.79 Å². The number of carbonyl (C=O) groups excluding carboxylic acids is 1. The number of hydrogen-bond acceptors (Lipinski definition) is 7. The third-order valence-electron chi connectivity index (χ3n) is 8.58. The molecule has 0 radical (unpaired) electrons. The number of amides is 1. The standard InChI is InChI=1S/C33H30Cl2F2N6O2/c1-3-29(44)43-12-11-42(17-21(43)9-10-38)32-25-14-26(34)24(23-6-4-5-19-7-8-27(37)31(35)30(19)23)15-28(25)39-33(40-32)45-18-22-13-20(36)16-41(22)2/h3-8,14-15,20-22H,1,9,11-13,16-18H2,2H3/t20-,21+,22+/m1/s1. The summed E-state index contributed by atoms with van der Waals surface area (Å²) in [5.74, 6) is -0.249. The lowest BCUT2D eigenvalue weighted by atomic mass is 9.97. The number of fused-ring (bicyclic) bond motifs is 2. The Morgan fingerprint density at radius 1 is 1.16 bits per heavy atom. The molecule has 1 aromatic heterocycles. The van der Waals surface area contributed by atoms with Crippen molar-refractivity contribution in [1.82, 2.24) is 19.8 Å². The minimum absolute atomic E-state index is 0.00556. The van der Waals surface area contributed by atoms with E-state index >= 15 is 0 Å². The van der Waals surface area contributed by atoms with E-state index in [9.17, 15) is 18.8 Å². The minimum atomic E-state index is -0.926. The van der Waals surface area contributed by atoms with Crippen LogP contribution in [0.1, 0.15) is 12.8 Å². The highest BCUT2D eigenvalue weighted by Crippen LogP contribution is 2.41. The number of rotatable bonds is 7. The van der Waals surface area contributed by atoms with E-state index in [-0.39, 0.29) is 42.1 Å². The topological polar surface area (TPSA) is 85.6 Å². The summed E-state index contributed by atoms with van der Waals surface area (Å²) in [6, 6.07) is 13.8. The van der Waals surface area contributed by atoms with Gasteiger partial charge in [0.2, 0.25) is 5.91 Å². The van der Waals surface area contributed by atoms with Gasteiger partial charge in [-0.25, -0.2) is 8.78 Å². The van der Waals surface area contributed by atoms with Crippen LogP contribution in [0.15, 0.2) is 55.1 Å². The number of nitriles is 1. The molecule has 12 heteroatoms. The Bertz CT molecular complexity index is 1850. The van der Waals surface area contributed by atoms with Gasteiger partial charge in [-0.2, -0.15) is 15.2 Å². The summed E-state index contributed by atoms with van der Waals surface area (Å²) in [6.07, 6.45) is 0.806. The number of piperazine rings is 1. The summed E-state index contributed by atoms with van der Waals surface area (Å²) >= 11 is 13.4. The lowest BCUT2D eigenvalue weighted by molar-refractivity contribution is -0.128. The number of aromatic nitrogens is 2. The maximum absolute atomic E-state index is 14.6. The SMILES string of the molecule is C=CC(=O)N1CCN(c2nc(OC[C@@H]3C[C@@H](F)CN3C)nc3cc(-c4cccc5ccc(F)c(Cl)c45)c(Cl)cc23)C[C@@H]1CC#N. The number of hydrogen-bond donors (Lipinski definition) is 0. The van der Waals surface area contributed by atoms with Crippen LogP contribution in [0.25, 0.3) is 32.8 Å². The van der Waals surface area contributed by atoms with Gasteiger partial charge in [0.15, 0.2) is 0 Å². The van der Waals surface area contributed by atoms with Crippen molar-refractivity contribution in [3.05, 3.63) is 71.0 Å². The molecule has 2 aliphatic rings. The molecule has 0 bridgehead atoms. The Morgan fingerprint density at radius 2 is 1.98 bits per heavy atom. The van der Waals surface area contributed by atoms with Gasteiger partial charge < -0.3 is 14.5 Å². The van der Waals surface area contributed by atoms with Crippen LogP contribution in [0, 0.1) is 17.1 Å². The van der Waals surface area contributed by atoms with Crippen LogP contribution in [0.3, 0.4) is 0 Å². The highest BCUT2D eigenvalue weighted by atomic mass is 35.5. The predicted molar refractivity (Wildman–Crippen MR) is 172 cm³/mol. The summed E-state index contributed by atoms with van der Waals surface area (Å²) in [4.78, 5) is 27.6. The van der Waals surface area contributed by atoms with Crippen molar-refractivity contribution in [2.24, 2.45) is 0 Å². The summed E-state index contributed by atoms with van der Waals surface area (Å²) in [5, 5.41) is 11.8. The van der Waals surface area contributed by atoms with Gasteiger partial charge in [-0.15, -0.1) is 0 Å². The molecule has 3 heterocycles. The molecule has 1 amide bonds. The van der Waals surface area contributed by atoms with Gasteiger partial charge in [-0.1, -0.05) is 54.0 Å². The Balaban J connectivity index is 1.46. The molecule has 6 rings (SSSR count). The van der Waals surface area contributed by atoms with E-state index in [1.54, 1.807) is 23.1 Å². The van der Waals surface area contributed by atoms with E-state index < -0.39 is 12.0 Å². The smallest absolute Gasteiger partial charge is 0.319 e. The van der Waals surface area contributed by atoms with Crippen LogP contribution in [0.4, 0.5) is 14.6 Å². The molecule has 45 heavy (non-hydrogen) atoms. The predicted octanol–water partition coefficient (Wildman–Crippen LogP) is 6.43. The first kappa shape index (κ1) is 31.0. The number of benzene rings is 3. The third kappa shape index (κ3) is 6.00. The maximum atomic E-state index is 14.6. The normalized spacial score (nSPS) is 20.5. The Labute approximate surface area is 269 Å². The third-order valence-corrected chi connectivity index (χ3v) is 9.26.